The van der Waals surface area contributed by atoms with E-state index in [4.69, 9.17) is 11.5 Å². The summed E-state index contributed by atoms with van der Waals surface area (Å²) in [7, 11) is 0. The molecule has 0 aliphatic heterocycles. The molecule has 4 N–H and O–H groups in total. The number of anilines is 1. The second kappa shape index (κ2) is 4.01. The minimum Gasteiger partial charge on any atom is -0.383 e. The van der Waals surface area contributed by atoms with Gasteiger partial charge in [0.15, 0.2) is 0 Å². The number of hydrogen-bond donors (Lipinski definition) is 2. The molecule has 0 amide bonds. The number of nitrogens with two attached hydrogens (primary N) is 2. The molecule has 0 unspecified atom stereocenters. The van der Waals surface area contributed by atoms with Crippen molar-refractivity contribution in [3.8, 4) is 0 Å². The molecule has 0 spiro atoms. The molecule has 0 bridgehead atoms. The van der Waals surface area contributed by atoms with Gasteiger partial charge in [-0.05, 0) is 13.0 Å². The van der Waals surface area contributed by atoms with E-state index in [0.717, 1.165) is 24.2 Å². The maximum absolute atomic E-state index is 5.68. The molecule has 0 atom stereocenters. The predicted octanol–water partition coefficient (Wildman–Crippen LogP) is 0.122. The molecule has 66 valence electrons. The first-order chi connectivity index (χ1) is 5.77. The third kappa shape index (κ3) is 1.92. The van der Waals surface area contributed by atoms with Gasteiger partial charge in [-0.3, -0.25) is 0 Å². The van der Waals surface area contributed by atoms with Crippen molar-refractivity contribution in [2.75, 3.05) is 12.3 Å². The van der Waals surface area contributed by atoms with Gasteiger partial charge in [-0.25, -0.2) is 9.97 Å². The van der Waals surface area contributed by atoms with Crippen LogP contribution < -0.4 is 11.5 Å². The van der Waals surface area contributed by atoms with E-state index in [9.17, 15) is 0 Å². The van der Waals surface area contributed by atoms with Crippen molar-refractivity contribution < 1.29 is 0 Å². The molecule has 4 heteroatoms. The lowest BCUT2D eigenvalue weighted by atomic mass is 10.2. The third-order valence-electron chi connectivity index (χ3n) is 1.68. The Balaban J connectivity index is 2.87. The summed E-state index contributed by atoms with van der Waals surface area (Å²) in [5, 5.41) is 0. The van der Waals surface area contributed by atoms with Gasteiger partial charge >= 0.3 is 0 Å². The first-order valence-corrected chi connectivity index (χ1v) is 4.08. The predicted molar refractivity (Wildman–Crippen MR) is 48.6 cm³/mol. The molecule has 0 aromatic carbocycles. The van der Waals surface area contributed by atoms with Crippen molar-refractivity contribution in [1.29, 1.82) is 0 Å². The monoisotopic (exact) mass is 166 g/mol. The third-order valence-corrected chi connectivity index (χ3v) is 1.68. The van der Waals surface area contributed by atoms with E-state index < -0.39 is 0 Å². The lowest BCUT2D eigenvalue weighted by Gasteiger charge is -2.03. The molecule has 1 heterocycles. The molecule has 1 aromatic heterocycles. The van der Waals surface area contributed by atoms with Crippen LogP contribution in [-0.4, -0.2) is 16.5 Å². The molecule has 0 radical (unpaired) electrons. The highest BCUT2D eigenvalue weighted by Gasteiger charge is 2.01. The topological polar surface area (TPSA) is 77.8 Å². The van der Waals surface area contributed by atoms with Gasteiger partial charge in [-0.15, -0.1) is 0 Å². The summed E-state index contributed by atoms with van der Waals surface area (Å²) in [6.45, 7) is 2.58. The second-order valence-corrected chi connectivity index (χ2v) is 2.59. The second-order valence-electron chi connectivity index (χ2n) is 2.59. The first-order valence-electron chi connectivity index (χ1n) is 4.08. The van der Waals surface area contributed by atoms with Crippen LogP contribution in [0.2, 0.25) is 0 Å². The highest BCUT2D eigenvalue weighted by Crippen LogP contribution is 2.07. The van der Waals surface area contributed by atoms with Crippen LogP contribution >= 0.6 is 0 Å². The summed E-state index contributed by atoms with van der Waals surface area (Å²) >= 11 is 0. The summed E-state index contributed by atoms with van der Waals surface area (Å²) in [5.74, 6) is 1.35. The van der Waals surface area contributed by atoms with E-state index in [0.29, 0.717) is 12.4 Å². The number of nitrogen functional groups attached to an aromatic ring is 1. The van der Waals surface area contributed by atoms with Crippen molar-refractivity contribution in [3.05, 3.63) is 17.6 Å². The molecular weight excluding hydrogens is 152 g/mol. The largest absolute Gasteiger partial charge is 0.383 e. The van der Waals surface area contributed by atoms with Crippen molar-refractivity contribution in [2.24, 2.45) is 5.73 Å². The van der Waals surface area contributed by atoms with Gasteiger partial charge in [-0.2, -0.15) is 0 Å². The molecule has 4 nitrogen and oxygen atoms in total. The molecule has 0 saturated heterocycles. The number of hydrogen-bond acceptors (Lipinski definition) is 4. The number of aromatic nitrogens is 2. The van der Waals surface area contributed by atoms with Crippen molar-refractivity contribution >= 4 is 5.82 Å². The fourth-order valence-electron chi connectivity index (χ4n) is 0.977. The average molecular weight is 166 g/mol. The highest BCUT2D eigenvalue weighted by atomic mass is 14.9. The van der Waals surface area contributed by atoms with Crippen molar-refractivity contribution in [2.45, 2.75) is 19.8 Å². The highest BCUT2D eigenvalue weighted by molar-refractivity contribution is 5.37. The van der Waals surface area contributed by atoms with Gasteiger partial charge in [-0.1, -0.05) is 6.92 Å². The van der Waals surface area contributed by atoms with Gasteiger partial charge in [0.2, 0.25) is 0 Å². The number of rotatable bonds is 3. The van der Waals surface area contributed by atoms with Crippen LogP contribution in [0, 0.1) is 0 Å². The Labute approximate surface area is 72.0 Å². The Morgan fingerprint density at radius 3 is 2.75 bits per heavy atom. The van der Waals surface area contributed by atoms with Gasteiger partial charge < -0.3 is 11.5 Å². The van der Waals surface area contributed by atoms with Crippen molar-refractivity contribution in [3.63, 3.8) is 0 Å². The Bertz CT molecular complexity index is 259. The quantitative estimate of drug-likeness (QED) is 0.668. The summed E-state index contributed by atoms with van der Waals surface area (Å²) in [6.07, 6.45) is 3.32. The molecule has 0 saturated carbocycles. The smallest absolute Gasteiger partial charge is 0.130 e. The molecule has 0 aliphatic rings. The number of aryl methyl sites for hydroxylation is 1. The summed E-state index contributed by atoms with van der Waals surface area (Å²) in [4.78, 5) is 8.25. The Hall–Kier alpha value is -1.16. The fourth-order valence-corrected chi connectivity index (χ4v) is 0.977. The first kappa shape index (κ1) is 8.93. The molecule has 1 rings (SSSR count). The van der Waals surface area contributed by atoms with E-state index in [-0.39, 0.29) is 0 Å². The van der Waals surface area contributed by atoms with Crippen LogP contribution in [0.15, 0.2) is 6.20 Å². The van der Waals surface area contributed by atoms with Crippen LogP contribution in [0.5, 0.6) is 0 Å². The summed E-state index contributed by atoms with van der Waals surface area (Å²) in [6, 6.07) is 0. The van der Waals surface area contributed by atoms with E-state index >= 15 is 0 Å². The van der Waals surface area contributed by atoms with E-state index in [1.807, 2.05) is 6.92 Å². The van der Waals surface area contributed by atoms with Crippen LogP contribution in [-0.2, 0) is 12.8 Å². The van der Waals surface area contributed by atoms with Crippen LogP contribution in [0.1, 0.15) is 18.3 Å². The van der Waals surface area contributed by atoms with Gasteiger partial charge in [0.1, 0.15) is 11.6 Å². The minimum atomic E-state index is 0.562. The summed E-state index contributed by atoms with van der Waals surface area (Å²) in [5.41, 5.74) is 12.0. The lowest BCUT2D eigenvalue weighted by molar-refractivity contribution is 0.896. The van der Waals surface area contributed by atoms with Gasteiger partial charge in [0.05, 0.1) is 0 Å². The van der Waals surface area contributed by atoms with E-state index in [1.165, 1.54) is 0 Å². The molecule has 12 heavy (non-hydrogen) atoms. The maximum atomic E-state index is 5.68. The van der Waals surface area contributed by atoms with Crippen LogP contribution in [0.25, 0.3) is 0 Å². The van der Waals surface area contributed by atoms with E-state index in [2.05, 4.69) is 9.97 Å². The van der Waals surface area contributed by atoms with Crippen LogP contribution in [0.4, 0.5) is 5.82 Å². The zero-order chi connectivity index (χ0) is 8.97. The maximum Gasteiger partial charge on any atom is 0.130 e. The zero-order valence-electron chi connectivity index (χ0n) is 7.25. The lowest BCUT2D eigenvalue weighted by Crippen LogP contribution is -2.08. The molecule has 1 aromatic rings. The van der Waals surface area contributed by atoms with E-state index in [1.54, 1.807) is 6.20 Å². The standard InChI is InChI=1S/C8H14N4/c1-2-7-11-5-6(3-4-9)8(10)12-7/h5H,2-4,9H2,1H3,(H2,10,11,12). The Morgan fingerprint density at radius 2 is 2.25 bits per heavy atom. The number of nitrogens with zero attached hydrogens (tertiary/aromatic N) is 2. The normalized spacial score (nSPS) is 10.2. The molecule has 0 fully saturated rings. The average Bonchev–Trinajstić information content (AvgIpc) is 2.09. The summed E-state index contributed by atoms with van der Waals surface area (Å²) < 4.78 is 0. The molecule has 0 aliphatic carbocycles. The Kier molecular flexibility index (Phi) is 2.99. The zero-order valence-corrected chi connectivity index (χ0v) is 7.25. The Morgan fingerprint density at radius 1 is 1.50 bits per heavy atom. The molecular formula is C8H14N4. The van der Waals surface area contributed by atoms with Crippen molar-refractivity contribution in [1.82, 2.24) is 9.97 Å². The van der Waals surface area contributed by atoms with Gasteiger partial charge in [0, 0.05) is 18.2 Å². The van der Waals surface area contributed by atoms with Gasteiger partial charge in [0.25, 0.3) is 0 Å². The SMILES string of the molecule is CCc1ncc(CCN)c(N)n1. The van der Waals surface area contributed by atoms with Crippen LogP contribution in [0.3, 0.4) is 0 Å². The fraction of sp³-hybridized carbons (Fsp3) is 0.500. The minimum absolute atomic E-state index is 0.562.